The van der Waals surface area contributed by atoms with Crippen LogP contribution in [0.3, 0.4) is 0 Å². The summed E-state index contributed by atoms with van der Waals surface area (Å²) in [5, 5.41) is 7.66. The van der Waals surface area contributed by atoms with Crippen LogP contribution in [0.25, 0.3) is 5.70 Å². The van der Waals surface area contributed by atoms with E-state index in [2.05, 4.69) is 48.2 Å². The third kappa shape index (κ3) is 2.80. The minimum atomic E-state index is 0.756. The van der Waals surface area contributed by atoms with E-state index < -0.39 is 0 Å². The van der Waals surface area contributed by atoms with Gasteiger partial charge in [0.05, 0.1) is 5.69 Å². The normalized spacial score (nSPS) is 10.4. The lowest BCUT2D eigenvalue weighted by atomic mass is 10.1. The summed E-state index contributed by atoms with van der Waals surface area (Å²) in [6, 6.07) is 8.36. The van der Waals surface area contributed by atoms with Gasteiger partial charge < -0.3 is 5.32 Å². The van der Waals surface area contributed by atoms with Crippen LogP contribution in [0, 0.1) is 13.8 Å². The Balaban J connectivity index is 2.00. The Morgan fingerprint density at radius 3 is 2.50 bits per heavy atom. The van der Waals surface area contributed by atoms with Gasteiger partial charge in [0.1, 0.15) is 0 Å². The van der Waals surface area contributed by atoms with Gasteiger partial charge in [-0.1, -0.05) is 36.4 Å². The molecule has 0 radical (unpaired) electrons. The highest BCUT2D eigenvalue weighted by molar-refractivity contribution is 5.61. The standard InChI is InChI=1S/C15H19N3/c1-11-5-7-14(8-6-11)12(2)16-9-15-10-18(4)17-13(15)3/h5-8,10,16H,2,9H2,1,3-4H3. The second-order valence-corrected chi connectivity index (χ2v) is 4.61. The first-order valence-electron chi connectivity index (χ1n) is 6.05. The molecule has 1 aromatic heterocycles. The average molecular weight is 241 g/mol. The zero-order valence-corrected chi connectivity index (χ0v) is 11.2. The predicted octanol–water partition coefficient (Wildman–Crippen LogP) is 2.80. The van der Waals surface area contributed by atoms with Crippen molar-refractivity contribution in [2.45, 2.75) is 20.4 Å². The molecule has 0 atom stereocenters. The summed E-state index contributed by atoms with van der Waals surface area (Å²) in [4.78, 5) is 0. The fraction of sp³-hybridized carbons (Fsp3) is 0.267. The zero-order valence-electron chi connectivity index (χ0n) is 11.2. The number of nitrogens with one attached hydrogen (secondary N) is 1. The van der Waals surface area contributed by atoms with Crippen molar-refractivity contribution in [1.29, 1.82) is 0 Å². The molecule has 3 nitrogen and oxygen atoms in total. The molecule has 94 valence electrons. The van der Waals surface area contributed by atoms with Gasteiger partial charge in [-0.3, -0.25) is 4.68 Å². The molecule has 0 unspecified atom stereocenters. The topological polar surface area (TPSA) is 29.9 Å². The van der Waals surface area contributed by atoms with Crippen LogP contribution in [0.2, 0.25) is 0 Å². The second-order valence-electron chi connectivity index (χ2n) is 4.61. The van der Waals surface area contributed by atoms with E-state index in [1.165, 1.54) is 11.1 Å². The SMILES string of the molecule is C=C(NCc1cn(C)nc1C)c1ccc(C)cc1. The van der Waals surface area contributed by atoms with Crippen LogP contribution >= 0.6 is 0 Å². The summed E-state index contributed by atoms with van der Waals surface area (Å²) in [7, 11) is 1.94. The summed E-state index contributed by atoms with van der Waals surface area (Å²) in [6.45, 7) is 8.93. The van der Waals surface area contributed by atoms with E-state index in [0.717, 1.165) is 23.5 Å². The number of nitrogens with zero attached hydrogens (tertiary/aromatic N) is 2. The molecule has 0 saturated heterocycles. The Bertz CT molecular complexity index is 550. The summed E-state index contributed by atoms with van der Waals surface area (Å²) in [5.41, 5.74) is 5.59. The van der Waals surface area contributed by atoms with Crippen molar-refractivity contribution in [3.8, 4) is 0 Å². The van der Waals surface area contributed by atoms with Crippen LogP contribution in [-0.2, 0) is 13.6 Å². The van der Waals surface area contributed by atoms with Crippen LogP contribution in [0.4, 0.5) is 0 Å². The van der Waals surface area contributed by atoms with Gasteiger partial charge in [0.2, 0.25) is 0 Å². The van der Waals surface area contributed by atoms with Gasteiger partial charge in [0, 0.05) is 31.0 Å². The van der Waals surface area contributed by atoms with Crippen molar-refractivity contribution in [3.63, 3.8) is 0 Å². The van der Waals surface area contributed by atoms with Crippen molar-refractivity contribution in [2.24, 2.45) is 7.05 Å². The average Bonchev–Trinajstić information content (AvgIpc) is 2.66. The Labute approximate surface area is 108 Å². The highest BCUT2D eigenvalue weighted by Gasteiger charge is 2.04. The van der Waals surface area contributed by atoms with Crippen molar-refractivity contribution in [2.75, 3.05) is 0 Å². The maximum atomic E-state index is 4.32. The van der Waals surface area contributed by atoms with E-state index in [9.17, 15) is 0 Å². The highest BCUT2D eigenvalue weighted by Crippen LogP contribution is 2.12. The van der Waals surface area contributed by atoms with Gasteiger partial charge in [-0.2, -0.15) is 5.10 Å². The summed E-state index contributed by atoms with van der Waals surface area (Å²) in [6.07, 6.45) is 2.03. The molecule has 0 aliphatic carbocycles. The summed E-state index contributed by atoms with van der Waals surface area (Å²) < 4.78 is 1.83. The third-order valence-corrected chi connectivity index (χ3v) is 3.01. The molecule has 2 rings (SSSR count). The Hall–Kier alpha value is -2.03. The molecular formula is C15H19N3. The molecule has 0 aliphatic heterocycles. The monoisotopic (exact) mass is 241 g/mol. The van der Waals surface area contributed by atoms with Crippen molar-refractivity contribution in [3.05, 3.63) is 59.4 Å². The molecule has 0 fully saturated rings. The van der Waals surface area contributed by atoms with Gasteiger partial charge in [-0.05, 0) is 19.4 Å². The number of rotatable bonds is 4. The van der Waals surface area contributed by atoms with E-state index in [0.29, 0.717) is 0 Å². The molecule has 0 bridgehead atoms. The van der Waals surface area contributed by atoms with E-state index in [-0.39, 0.29) is 0 Å². The van der Waals surface area contributed by atoms with E-state index in [1.807, 2.05) is 24.9 Å². The van der Waals surface area contributed by atoms with Crippen LogP contribution in [0.15, 0.2) is 37.0 Å². The van der Waals surface area contributed by atoms with Gasteiger partial charge in [0.15, 0.2) is 0 Å². The highest BCUT2D eigenvalue weighted by atomic mass is 15.2. The number of benzene rings is 1. The van der Waals surface area contributed by atoms with Gasteiger partial charge in [0.25, 0.3) is 0 Å². The van der Waals surface area contributed by atoms with Crippen LogP contribution < -0.4 is 5.32 Å². The minimum absolute atomic E-state index is 0.756. The molecule has 1 heterocycles. The number of aryl methyl sites for hydroxylation is 3. The van der Waals surface area contributed by atoms with Crippen LogP contribution in [0.5, 0.6) is 0 Å². The molecule has 3 heteroatoms. The summed E-state index contributed by atoms with van der Waals surface area (Å²) in [5.74, 6) is 0. The summed E-state index contributed by atoms with van der Waals surface area (Å²) >= 11 is 0. The lowest BCUT2D eigenvalue weighted by Crippen LogP contribution is -2.11. The quantitative estimate of drug-likeness (QED) is 0.892. The molecular weight excluding hydrogens is 222 g/mol. The fourth-order valence-corrected chi connectivity index (χ4v) is 1.88. The second kappa shape index (κ2) is 5.08. The smallest absolute Gasteiger partial charge is 0.0643 e. The number of hydrogen-bond acceptors (Lipinski definition) is 2. The lowest BCUT2D eigenvalue weighted by molar-refractivity contribution is 0.756. The van der Waals surface area contributed by atoms with Crippen molar-refractivity contribution >= 4 is 5.70 Å². The van der Waals surface area contributed by atoms with Gasteiger partial charge in [-0.15, -0.1) is 0 Å². The van der Waals surface area contributed by atoms with Crippen LogP contribution in [-0.4, -0.2) is 9.78 Å². The maximum absolute atomic E-state index is 4.32. The molecule has 1 aromatic carbocycles. The first-order valence-corrected chi connectivity index (χ1v) is 6.05. The van der Waals surface area contributed by atoms with E-state index in [4.69, 9.17) is 0 Å². The minimum Gasteiger partial charge on any atom is -0.381 e. The predicted molar refractivity (Wildman–Crippen MR) is 75.0 cm³/mol. The molecule has 0 saturated carbocycles. The molecule has 18 heavy (non-hydrogen) atoms. The zero-order chi connectivity index (χ0) is 13.1. The molecule has 2 aromatic rings. The molecule has 0 spiro atoms. The number of hydrogen-bond donors (Lipinski definition) is 1. The Morgan fingerprint density at radius 1 is 1.28 bits per heavy atom. The molecule has 0 amide bonds. The Kier molecular flexibility index (Phi) is 3.51. The fourth-order valence-electron chi connectivity index (χ4n) is 1.88. The van der Waals surface area contributed by atoms with Gasteiger partial charge >= 0.3 is 0 Å². The number of aromatic nitrogens is 2. The maximum Gasteiger partial charge on any atom is 0.0643 e. The Morgan fingerprint density at radius 2 is 1.94 bits per heavy atom. The lowest BCUT2D eigenvalue weighted by Gasteiger charge is -2.09. The largest absolute Gasteiger partial charge is 0.381 e. The molecule has 1 N–H and O–H groups in total. The van der Waals surface area contributed by atoms with Gasteiger partial charge in [-0.25, -0.2) is 0 Å². The third-order valence-electron chi connectivity index (χ3n) is 3.01. The first kappa shape index (κ1) is 12.4. The van der Waals surface area contributed by atoms with E-state index >= 15 is 0 Å². The van der Waals surface area contributed by atoms with Crippen molar-refractivity contribution in [1.82, 2.24) is 15.1 Å². The first-order chi connectivity index (χ1) is 8.56. The van der Waals surface area contributed by atoms with Crippen molar-refractivity contribution < 1.29 is 0 Å². The van der Waals surface area contributed by atoms with E-state index in [1.54, 1.807) is 0 Å². The molecule has 0 aliphatic rings. The van der Waals surface area contributed by atoms with Crippen LogP contribution in [0.1, 0.15) is 22.4 Å².